The fraction of sp³-hybridized carbons (Fsp3) is 0.100. The Bertz CT molecular complexity index is 620. The number of H-pyrrole nitrogens is 2. The zero-order chi connectivity index (χ0) is 12.3. The van der Waals surface area contributed by atoms with Gasteiger partial charge in [-0.1, -0.05) is 39.8 Å². The Hall–Kier alpha value is -1.34. The Balaban J connectivity index is 2.10. The van der Waals surface area contributed by atoms with Gasteiger partial charge in [0.15, 0.2) is 5.03 Å². The summed E-state index contributed by atoms with van der Waals surface area (Å²) in [5, 5.41) is 6.14. The van der Waals surface area contributed by atoms with Gasteiger partial charge in [-0.3, -0.25) is 9.78 Å². The smallest absolute Gasteiger partial charge is 0.271 e. The molecule has 17 heavy (non-hydrogen) atoms. The number of benzene rings is 1. The molecule has 0 aliphatic rings. The molecule has 5 nitrogen and oxygen atoms in total. The molecule has 0 saturated heterocycles. The molecule has 0 radical (unpaired) electrons. The number of thioether (sulfide) groups is 1. The van der Waals surface area contributed by atoms with E-state index >= 15 is 0 Å². The lowest BCUT2D eigenvalue weighted by atomic mass is 10.2. The highest BCUT2D eigenvalue weighted by Gasteiger charge is 2.03. The minimum Gasteiger partial charge on any atom is -0.271 e. The lowest BCUT2D eigenvalue weighted by Crippen LogP contribution is -2.24. The zero-order valence-electron chi connectivity index (χ0n) is 8.57. The molecule has 0 saturated carbocycles. The van der Waals surface area contributed by atoms with E-state index in [1.54, 1.807) is 0 Å². The average Bonchev–Trinajstić information content (AvgIpc) is 2.30. The molecule has 1 aromatic carbocycles. The van der Waals surface area contributed by atoms with Crippen LogP contribution < -0.4 is 11.2 Å². The highest BCUT2D eigenvalue weighted by Crippen LogP contribution is 2.18. The van der Waals surface area contributed by atoms with Crippen LogP contribution in [0.2, 0.25) is 0 Å². The van der Waals surface area contributed by atoms with Crippen LogP contribution in [0.3, 0.4) is 0 Å². The van der Waals surface area contributed by atoms with Crippen molar-refractivity contribution in [1.29, 1.82) is 0 Å². The van der Waals surface area contributed by atoms with E-state index in [1.807, 2.05) is 24.3 Å². The normalized spacial score (nSPS) is 10.4. The lowest BCUT2D eigenvalue weighted by Gasteiger charge is -2.00. The van der Waals surface area contributed by atoms with Gasteiger partial charge in [0, 0.05) is 10.2 Å². The van der Waals surface area contributed by atoms with Gasteiger partial charge in [-0.25, -0.2) is 9.89 Å². The van der Waals surface area contributed by atoms with Gasteiger partial charge in [-0.05, 0) is 17.7 Å². The maximum absolute atomic E-state index is 11.3. The quantitative estimate of drug-likeness (QED) is 0.842. The van der Waals surface area contributed by atoms with Crippen molar-refractivity contribution < 1.29 is 0 Å². The third-order valence-electron chi connectivity index (χ3n) is 1.97. The molecular formula is C10H8BrN3O2S. The molecule has 0 bridgehead atoms. The largest absolute Gasteiger partial charge is 0.342 e. The van der Waals surface area contributed by atoms with E-state index in [9.17, 15) is 9.59 Å². The Labute approximate surface area is 109 Å². The number of aromatic nitrogens is 3. The van der Waals surface area contributed by atoms with Crippen LogP contribution in [0.5, 0.6) is 0 Å². The van der Waals surface area contributed by atoms with Crippen molar-refractivity contribution >= 4 is 27.7 Å². The molecule has 88 valence electrons. The molecule has 0 amide bonds. The van der Waals surface area contributed by atoms with Gasteiger partial charge in [-0.2, -0.15) is 5.10 Å². The third kappa shape index (κ3) is 3.31. The van der Waals surface area contributed by atoms with Crippen LogP contribution in [0, 0.1) is 0 Å². The summed E-state index contributed by atoms with van der Waals surface area (Å²) in [7, 11) is 0. The number of hydrogen-bond acceptors (Lipinski definition) is 4. The maximum atomic E-state index is 11.3. The Morgan fingerprint density at radius 1 is 1.24 bits per heavy atom. The SMILES string of the molecule is O=c1[nH]nc(SCc2ccc(Br)cc2)c(=O)[nH]1. The van der Waals surface area contributed by atoms with E-state index in [1.165, 1.54) is 11.8 Å². The van der Waals surface area contributed by atoms with E-state index < -0.39 is 11.2 Å². The Kier molecular flexibility index (Phi) is 3.80. The predicted octanol–water partition coefficient (Wildman–Crippen LogP) is 1.51. The first-order valence-corrected chi connectivity index (χ1v) is 6.49. The summed E-state index contributed by atoms with van der Waals surface area (Å²) in [5.41, 5.74) is 0.0180. The van der Waals surface area contributed by atoms with E-state index in [-0.39, 0.29) is 5.03 Å². The zero-order valence-corrected chi connectivity index (χ0v) is 11.0. The molecule has 7 heteroatoms. The van der Waals surface area contributed by atoms with Crippen LogP contribution in [0.25, 0.3) is 0 Å². The molecule has 0 atom stereocenters. The third-order valence-corrected chi connectivity index (χ3v) is 3.53. The number of hydrogen-bond donors (Lipinski definition) is 2. The van der Waals surface area contributed by atoms with Crippen molar-refractivity contribution in [3.63, 3.8) is 0 Å². The number of aromatic amines is 2. The molecule has 2 N–H and O–H groups in total. The van der Waals surface area contributed by atoms with E-state index in [2.05, 4.69) is 31.1 Å². The fourth-order valence-electron chi connectivity index (χ4n) is 1.17. The standard InChI is InChI=1S/C10H8BrN3O2S/c11-7-3-1-6(2-4-7)5-17-9-8(15)12-10(16)14-13-9/h1-4H,5H2,(H2,12,14,15,16). The Morgan fingerprint density at radius 3 is 2.59 bits per heavy atom. The highest BCUT2D eigenvalue weighted by molar-refractivity contribution is 9.10. The van der Waals surface area contributed by atoms with Crippen molar-refractivity contribution in [3.05, 3.63) is 55.1 Å². The van der Waals surface area contributed by atoms with Crippen molar-refractivity contribution in [2.24, 2.45) is 0 Å². The van der Waals surface area contributed by atoms with Gasteiger partial charge in [0.1, 0.15) is 0 Å². The van der Waals surface area contributed by atoms with Crippen LogP contribution >= 0.6 is 27.7 Å². The monoisotopic (exact) mass is 313 g/mol. The summed E-state index contributed by atoms with van der Waals surface area (Å²) in [6.45, 7) is 0. The summed E-state index contributed by atoms with van der Waals surface area (Å²) >= 11 is 4.62. The van der Waals surface area contributed by atoms with Crippen LogP contribution in [0.4, 0.5) is 0 Å². The summed E-state index contributed by atoms with van der Waals surface area (Å²) in [6, 6.07) is 7.77. The van der Waals surface area contributed by atoms with Crippen LogP contribution in [0.15, 0.2) is 43.4 Å². The molecule has 0 aliphatic heterocycles. The predicted molar refractivity (Wildman–Crippen MR) is 69.2 cm³/mol. The van der Waals surface area contributed by atoms with Gasteiger partial charge < -0.3 is 0 Å². The molecule has 1 aromatic heterocycles. The van der Waals surface area contributed by atoms with E-state index in [4.69, 9.17) is 0 Å². The first kappa shape index (κ1) is 12.1. The lowest BCUT2D eigenvalue weighted by molar-refractivity contribution is 0.807. The Morgan fingerprint density at radius 2 is 1.94 bits per heavy atom. The van der Waals surface area contributed by atoms with Crippen molar-refractivity contribution in [2.45, 2.75) is 10.8 Å². The van der Waals surface area contributed by atoms with Crippen LogP contribution in [-0.2, 0) is 5.75 Å². The van der Waals surface area contributed by atoms with E-state index in [0.717, 1.165) is 10.0 Å². The summed E-state index contributed by atoms with van der Waals surface area (Å²) in [6.07, 6.45) is 0. The second-order valence-electron chi connectivity index (χ2n) is 3.23. The molecule has 0 spiro atoms. The molecule has 2 aromatic rings. The van der Waals surface area contributed by atoms with Gasteiger partial charge in [0.05, 0.1) is 0 Å². The van der Waals surface area contributed by atoms with Crippen molar-refractivity contribution in [2.75, 3.05) is 0 Å². The second kappa shape index (κ2) is 5.33. The van der Waals surface area contributed by atoms with Gasteiger partial charge in [0.2, 0.25) is 0 Å². The second-order valence-corrected chi connectivity index (χ2v) is 5.11. The highest BCUT2D eigenvalue weighted by atomic mass is 79.9. The van der Waals surface area contributed by atoms with Crippen molar-refractivity contribution in [1.82, 2.24) is 15.2 Å². The van der Waals surface area contributed by atoms with Gasteiger partial charge in [-0.15, -0.1) is 0 Å². The molecule has 2 rings (SSSR count). The molecule has 0 aliphatic carbocycles. The molecular weight excluding hydrogens is 306 g/mol. The van der Waals surface area contributed by atoms with Crippen LogP contribution in [-0.4, -0.2) is 15.2 Å². The number of nitrogens with zero attached hydrogens (tertiary/aromatic N) is 1. The van der Waals surface area contributed by atoms with Crippen LogP contribution in [0.1, 0.15) is 5.56 Å². The molecule has 0 fully saturated rings. The maximum Gasteiger partial charge on any atom is 0.342 e. The first-order valence-electron chi connectivity index (χ1n) is 4.71. The fourth-order valence-corrected chi connectivity index (χ4v) is 2.22. The number of halogens is 1. The minimum absolute atomic E-state index is 0.257. The summed E-state index contributed by atoms with van der Waals surface area (Å²) < 4.78 is 1.01. The summed E-state index contributed by atoms with van der Waals surface area (Å²) in [5.74, 6) is 0.620. The van der Waals surface area contributed by atoms with E-state index in [0.29, 0.717) is 5.75 Å². The summed E-state index contributed by atoms with van der Waals surface area (Å²) in [4.78, 5) is 24.2. The van der Waals surface area contributed by atoms with Gasteiger partial charge >= 0.3 is 5.69 Å². The minimum atomic E-state index is -0.594. The number of nitrogens with one attached hydrogen (secondary N) is 2. The number of rotatable bonds is 3. The first-order chi connectivity index (χ1) is 8.15. The van der Waals surface area contributed by atoms with Crippen molar-refractivity contribution in [3.8, 4) is 0 Å². The molecule has 1 heterocycles. The van der Waals surface area contributed by atoms with Gasteiger partial charge in [0.25, 0.3) is 5.56 Å². The average molecular weight is 314 g/mol. The topological polar surface area (TPSA) is 78.6 Å². The molecule has 0 unspecified atom stereocenters.